The van der Waals surface area contributed by atoms with Crippen molar-refractivity contribution >= 4 is 10.8 Å². The molecule has 2 aromatic carbocycles. The summed E-state index contributed by atoms with van der Waals surface area (Å²) in [5.74, 6) is 0. The van der Waals surface area contributed by atoms with Crippen LogP contribution in [-0.4, -0.2) is 17.3 Å². The van der Waals surface area contributed by atoms with Gasteiger partial charge >= 0.3 is 0 Å². The van der Waals surface area contributed by atoms with Crippen LogP contribution in [0.1, 0.15) is 31.2 Å². The largest absolute Gasteiger partial charge is 0.393 e. The van der Waals surface area contributed by atoms with Gasteiger partial charge in [0.25, 0.3) is 0 Å². The first-order valence-corrected chi connectivity index (χ1v) is 7.20. The van der Waals surface area contributed by atoms with Gasteiger partial charge in [-0.3, -0.25) is 0 Å². The van der Waals surface area contributed by atoms with Crippen LogP contribution in [0.5, 0.6) is 0 Å². The lowest BCUT2D eigenvalue weighted by Gasteiger charge is -2.26. The molecule has 0 amide bonds. The monoisotopic (exact) mass is 255 g/mol. The maximum absolute atomic E-state index is 9.50. The molecule has 0 spiro atoms. The van der Waals surface area contributed by atoms with Crippen molar-refractivity contribution in [3.05, 3.63) is 48.0 Å². The van der Waals surface area contributed by atoms with Crippen molar-refractivity contribution in [3.63, 3.8) is 0 Å². The predicted molar refractivity (Wildman–Crippen MR) is 79.1 cm³/mol. The number of benzene rings is 2. The number of nitrogens with one attached hydrogen (secondary N) is 1. The van der Waals surface area contributed by atoms with Gasteiger partial charge in [-0.2, -0.15) is 0 Å². The van der Waals surface area contributed by atoms with Crippen molar-refractivity contribution in [2.24, 2.45) is 0 Å². The minimum Gasteiger partial charge on any atom is -0.393 e. The van der Waals surface area contributed by atoms with E-state index in [9.17, 15) is 5.11 Å². The molecule has 100 valence electrons. The molecule has 1 aliphatic carbocycles. The van der Waals surface area contributed by atoms with Crippen LogP contribution in [0, 0.1) is 0 Å². The van der Waals surface area contributed by atoms with E-state index in [-0.39, 0.29) is 6.10 Å². The molecule has 0 atom stereocenters. The van der Waals surface area contributed by atoms with Gasteiger partial charge in [0.2, 0.25) is 0 Å². The van der Waals surface area contributed by atoms with E-state index in [2.05, 4.69) is 47.8 Å². The normalized spacial score (nSPS) is 23.6. The van der Waals surface area contributed by atoms with Crippen LogP contribution in [0.15, 0.2) is 42.5 Å². The van der Waals surface area contributed by atoms with Crippen molar-refractivity contribution in [3.8, 4) is 0 Å². The third kappa shape index (κ3) is 3.14. The average Bonchev–Trinajstić information content (AvgIpc) is 2.46. The van der Waals surface area contributed by atoms with Crippen LogP contribution in [0.2, 0.25) is 0 Å². The van der Waals surface area contributed by atoms with Crippen molar-refractivity contribution in [1.29, 1.82) is 0 Å². The molecule has 0 unspecified atom stereocenters. The third-order valence-corrected chi connectivity index (χ3v) is 4.11. The average molecular weight is 255 g/mol. The summed E-state index contributed by atoms with van der Waals surface area (Å²) in [4.78, 5) is 0. The lowest BCUT2D eigenvalue weighted by atomic mass is 9.93. The first kappa shape index (κ1) is 12.6. The molecule has 1 aliphatic rings. The number of fused-ring (bicyclic) bond motifs is 1. The van der Waals surface area contributed by atoms with Crippen molar-refractivity contribution < 1.29 is 5.11 Å². The maximum Gasteiger partial charge on any atom is 0.0541 e. The minimum absolute atomic E-state index is 0.0706. The lowest BCUT2D eigenvalue weighted by molar-refractivity contribution is 0.116. The van der Waals surface area contributed by atoms with E-state index in [0.29, 0.717) is 6.04 Å². The highest BCUT2D eigenvalue weighted by Gasteiger charge is 2.18. The van der Waals surface area contributed by atoms with E-state index >= 15 is 0 Å². The summed E-state index contributed by atoms with van der Waals surface area (Å²) in [6.45, 7) is 0.922. The molecule has 2 nitrogen and oxygen atoms in total. The molecule has 2 heteroatoms. The van der Waals surface area contributed by atoms with E-state index in [1.165, 1.54) is 16.3 Å². The molecule has 0 heterocycles. The van der Waals surface area contributed by atoms with Crippen LogP contribution >= 0.6 is 0 Å². The second kappa shape index (κ2) is 5.72. The molecule has 0 aromatic heterocycles. The number of hydrogen-bond donors (Lipinski definition) is 2. The Hall–Kier alpha value is -1.38. The van der Waals surface area contributed by atoms with E-state index in [1.54, 1.807) is 0 Å². The molecule has 1 fully saturated rings. The summed E-state index contributed by atoms with van der Waals surface area (Å²) in [6.07, 6.45) is 3.99. The maximum atomic E-state index is 9.50. The zero-order chi connectivity index (χ0) is 13.1. The van der Waals surface area contributed by atoms with Crippen LogP contribution in [0.3, 0.4) is 0 Å². The highest BCUT2D eigenvalue weighted by molar-refractivity contribution is 5.82. The van der Waals surface area contributed by atoms with Gasteiger partial charge in [0, 0.05) is 12.6 Å². The van der Waals surface area contributed by atoms with Gasteiger partial charge in [-0.25, -0.2) is 0 Å². The Balaban J connectivity index is 1.62. The van der Waals surface area contributed by atoms with Gasteiger partial charge in [-0.05, 0) is 48.1 Å². The quantitative estimate of drug-likeness (QED) is 0.882. The van der Waals surface area contributed by atoms with Gasteiger partial charge < -0.3 is 10.4 Å². The van der Waals surface area contributed by atoms with Crippen LogP contribution in [-0.2, 0) is 6.54 Å². The topological polar surface area (TPSA) is 32.3 Å². The molecular weight excluding hydrogens is 234 g/mol. The van der Waals surface area contributed by atoms with Crippen molar-refractivity contribution in [1.82, 2.24) is 5.32 Å². The summed E-state index contributed by atoms with van der Waals surface area (Å²) >= 11 is 0. The van der Waals surface area contributed by atoms with Gasteiger partial charge in [-0.15, -0.1) is 0 Å². The molecule has 0 aliphatic heterocycles. The first-order chi connectivity index (χ1) is 9.31. The number of aliphatic hydroxyl groups is 1. The van der Waals surface area contributed by atoms with Gasteiger partial charge in [-0.1, -0.05) is 36.4 Å². The molecule has 1 saturated carbocycles. The molecule has 0 bridgehead atoms. The standard InChI is InChI=1S/C17H21NO/c19-17-9-7-16(8-10-17)18-12-13-5-6-14-3-1-2-4-15(14)11-13/h1-6,11,16-19H,7-10,12H2. The molecule has 19 heavy (non-hydrogen) atoms. The molecule has 0 radical (unpaired) electrons. The number of rotatable bonds is 3. The van der Waals surface area contributed by atoms with E-state index in [1.807, 2.05) is 0 Å². The molecule has 0 saturated heterocycles. The van der Waals surface area contributed by atoms with Crippen LogP contribution in [0.25, 0.3) is 10.8 Å². The number of hydrogen-bond acceptors (Lipinski definition) is 2. The Kier molecular flexibility index (Phi) is 3.81. The van der Waals surface area contributed by atoms with E-state index in [0.717, 1.165) is 32.2 Å². The van der Waals surface area contributed by atoms with Gasteiger partial charge in [0.1, 0.15) is 0 Å². The highest BCUT2D eigenvalue weighted by atomic mass is 16.3. The first-order valence-electron chi connectivity index (χ1n) is 7.20. The van der Waals surface area contributed by atoms with Crippen LogP contribution < -0.4 is 5.32 Å². The van der Waals surface area contributed by atoms with Gasteiger partial charge in [0.15, 0.2) is 0 Å². The third-order valence-electron chi connectivity index (χ3n) is 4.11. The lowest BCUT2D eigenvalue weighted by Crippen LogP contribution is -2.34. The smallest absolute Gasteiger partial charge is 0.0541 e. The molecular formula is C17H21NO. The summed E-state index contributed by atoms with van der Waals surface area (Å²) in [5.41, 5.74) is 1.34. The fraction of sp³-hybridized carbons (Fsp3) is 0.412. The van der Waals surface area contributed by atoms with Crippen molar-refractivity contribution in [2.45, 2.75) is 44.4 Å². The fourth-order valence-electron chi connectivity index (χ4n) is 2.89. The SMILES string of the molecule is OC1CCC(NCc2ccc3ccccc3c2)CC1. The van der Waals surface area contributed by atoms with Crippen molar-refractivity contribution in [2.75, 3.05) is 0 Å². The Morgan fingerprint density at radius 1 is 0.947 bits per heavy atom. The zero-order valence-corrected chi connectivity index (χ0v) is 11.2. The molecule has 2 aromatic rings. The van der Waals surface area contributed by atoms with Crippen LogP contribution in [0.4, 0.5) is 0 Å². The Labute approximate surface area is 114 Å². The Morgan fingerprint density at radius 2 is 1.68 bits per heavy atom. The Bertz CT molecular complexity index is 544. The number of aliphatic hydroxyl groups excluding tert-OH is 1. The second-order valence-corrected chi connectivity index (χ2v) is 5.57. The van der Waals surface area contributed by atoms with E-state index in [4.69, 9.17) is 0 Å². The predicted octanol–water partition coefficient (Wildman–Crippen LogP) is 3.23. The Morgan fingerprint density at radius 3 is 2.47 bits per heavy atom. The highest BCUT2D eigenvalue weighted by Crippen LogP contribution is 2.19. The summed E-state index contributed by atoms with van der Waals surface area (Å²) in [6, 6.07) is 15.7. The second-order valence-electron chi connectivity index (χ2n) is 5.57. The summed E-state index contributed by atoms with van der Waals surface area (Å²) < 4.78 is 0. The zero-order valence-electron chi connectivity index (χ0n) is 11.2. The van der Waals surface area contributed by atoms with Gasteiger partial charge in [0.05, 0.1) is 6.10 Å². The summed E-state index contributed by atoms with van der Waals surface area (Å²) in [5, 5.41) is 15.7. The summed E-state index contributed by atoms with van der Waals surface area (Å²) in [7, 11) is 0. The molecule has 3 rings (SSSR count). The van der Waals surface area contributed by atoms with E-state index < -0.39 is 0 Å². The fourth-order valence-corrected chi connectivity index (χ4v) is 2.89. The molecule has 2 N–H and O–H groups in total. The minimum atomic E-state index is -0.0706.